The SMILES string of the molecule is COCCNC(=O)c1cccn(-c2ccc(NC(=O)C(C)(C)C)cc2)c1=O. The van der Waals surface area contributed by atoms with Crippen molar-refractivity contribution >= 4 is 17.5 Å². The van der Waals surface area contributed by atoms with Gasteiger partial charge >= 0.3 is 0 Å². The lowest BCUT2D eigenvalue weighted by molar-refractivity contribution is -0.123. The van der Waals surface area contributed by atoms with Gasteiger partial charge in [-0.1, -0.05) is 20.8 Å². The maximum atomic E-state index is 12.6. The molecule has 2 rings (SSSR count). The minimum atomic E-state index is -0.500. The summed E-state index contributed by atoms with van der Waals surface area (Å²) in [7, 11) is 1.54. The summed E-state index contributed by atoms with van der Waals surface area (Å²) in [5, 5.41) is 5.47. The van der Waals surface area contributed by atoms with Crippen LogP contribution < -0.4 is 16.2 Å². The summed E-state index contributed by atoms with van der Waals surface area (Å²) in [6.45, 7) is 6.19. The Morgan fingerprint density at radius 1 is 1.11 bits per heavy atom. The number of methoxy groups -OCH3 is 1. The van der Waals surface area contributed by atoms with E-state index in [0.717, 1.165) is 0 Å². The zero-order valence-electron chi connectivity index (χ0n) is 16.0. The predicted molar refractivity (Wildman–Crippen MR) is 104 cm³/mol. The highest BCUT2D eigenvalue weighted by Crippen LogP contribution is 2.18. The maximum absolute atomic E-state index is 12.6. The van der Waals surface area contributed by atoms with E-state index in [4.69, 9.17) is 4.74 Å². The average Bonchev–Trinajstić information content (AvgIpc) is 2.62. The highest BCUT2D eigenvalue weighted by molar-refractivity contribution is 5.95. The standard InChI is InChI=1S/C20H25N3O4/c1-20(2,3)19(26)22-14-7-9-15(10-8-14)23-12-5-6-16(18(23)25)17(24)21-11-13-27-4/h5-10,12H,11,13H2,1-4H3,(H,21,24)(H,22,26). The van der Waals surface area contributed by atoms with Gasteiger partial charge in [-0.05, 0) is 36.4 Å². The Morgan fingerprint density at radius 2 is 1.78 bits per heavy atom. The minimum absolute atomic E-state index is 0.0544. The van der Waals surface area contributed by atoms with Gasteiger partial charge in [-0.25, -0.2) is 0 Å². The number of nitrogens with one attached hydrogen (secondary N) is 2. The topological polar surface area (TPSA) is 89.4 Å². The molecule has 0 radical (unpaired) electrons. The van der Waals surface area contributed by atoms with Gasteiger partial charge < -0.3 is 15.4 Å². The van der Waals surface area contributed by atoms with E-state index in [1.807, 2.05) is 20.8 Å². The number of nitrogens with zero attached hydrogens (tertiary/aromatic N) is 1. The van der Waals surface area contributed by atoms with Gasteiger partial charge in [0, 0.05) is 36.6 Å². The van der Waals surface area contributed by atoms with Gasteiger partial charge in [0.1, 0.15) is 5.56 Å². The number of aromatic nitrogens is 1. The van der Waals surface area contributed by atoms with Crippen LogP contribution in [0.4, 0.5) is 5.69 Å². The van der Waals surface area contributed by atoms with Gasteiger partial charge in [-0.2, -0.15) is 0 Å². The first-order chi connectivity index (χ1) is 12.7. The van der Waals surface area contributed by atoms with Gasteiger partial charge in [0.2, 0.25) is 5.91 Å². The van der Waals surface area contributed by atoms with Crippen molar-refractivity contribution in [1.82, 2.24) is 9.88 Å². The third-order valence-electron chi connectivity index (χ3n) is 3.87. The van der Waals surface area contributed by atoms with Crippen LogP contribution in [0.15, 0.2) is 47.4 Å². The van der Waals surface area contributed by atoms with E-state index in [0.29, 0.717) is 24.5 Å². The molecule has 0 aliphatic carbocycles. The fourth-order valence-corrected chi connectivity index (χ4v) is 2.26. The van der Waals surface area contributed by atoms with Crippen LogP contribution in [0.2, 0.25) is 0 Å². The second-order valence-electron chi connectivity index (χ2n) is 7.10. The third kappa shape index (κ3) is 5.27. The number of carbonyl (C=O) groups excluding carboxylic acids is 2. The summed E-state index contributed by atoms with van der Waals surface area (Å²) in [6, 6.07) is 9.99. The van der Waals surface area contributed by atoms with Crippen LogP contribution in [-0.4, -0.2) is 36.6 Å². The van der Waals surface area contributed by atoms with Gasteiger partial charge in [0.25, 0.3) is 11.5 Å². The number of carbonyl (C=O) groups is 2. The zero-order chi connectivity index (χ0) is 20.0. The predicted octanol–water partition coefficient (Wildman–Crippen LogP) is 2.20. The number of anilines is 1. The quantitative estimate of drug-likeness (QED) is 0.762. The number of hydrogen-bond donors (Lipinski definition) is 2. The molecule has 0 fully saturated rings. The molecule has 1 aromatic heterocycles. The largest absolute Gasteiger partial charge is 0.383 e. The fraction of sp³-hybridized carbons (Fsp3) is 0.350. The Labute approximate surface area is 158 Å². The number of hydrogen-bond acceptors (Lipinski definition) is 4. The first-order valence-corrected chi connectivity index (χ1v) is 8.64. The fourth-order valence-electron chi connectivity index (χ4n) is 2.26. The van der Waals surface area contributed by atoms with Crippen molar-refractivity contribution in [2.75, 3.05) is 25.6 Å². The van der Waals surface area contributed by atoms with E-state index >= 15 is 0 Å². The lowest BCUT2D eigenvalue weighted by Crippen LogP contribution is -2.33. The molecule has 2 amide bonds. The molecule has 0 saturated carbocycles. The molecule has 2 N–H and O–H groups in total. The first kappa shape index (κ1) is 20.4. The summed E-state index contributed by atoms with van der Waals surface area (Å²) in [6.07, 6.45) is 1.59. The van der Waals surface area contributed by atoms with E-state index in [1.54, 1.807) is 36.5 Å². The molecule has 0 aliphatic rings. The molecule has 0 saturated heterocycles. The first-order valence-electron chi connectivity index (χ1n) is 8.64. The molecule has 0 spiro atoms. The van der Waals surface area contributed by atoms with Crippen molar-refractivity contribution < 1.29 is 14.3 Å². The highest BCUT2D eigenvalue weighted by atomic mass is 16.5. The number of pyridine rings is 1. The molecule has 0 unspecified atom stereocenters. The Hall–Kier alpha value is -2.93. The highest BCUT2D eigenvalue weighted by Gasteiger charge is 2.21. The van der Waals surface area contributed by atoms with Crippen molar-refractivity contribution in [2.24, 2.45) is 5.41 Å². The van der Waals surface area contributed by atoms with Crippen molar-refractivity contribution in [3.63, 3.8) is 0 Å². The van der Waals surface area contributed by atoms with Crippen molar-refractivity contribution in [3.8, 4) is 5.69 Å². The molecular formula is C20H25N3O4. The molecule has 1 aromatic carbocycles. The Balaban J connectivity index is 2.21. The van der Waals surface area contributed by atoms with Crippen LogP contribution in [0.1, 0.15) is 31.1 Å². The Bertz CT molecular complexity index is 864. The lowest BCUT2D eigenvalue weighted by atomic mass is 9.95. The van der Waals surface area contributed by atoms with Crippen molar-refractivity contribution in [1.29, 1.82) is 0 Å². The normalized spacial score (nSPS) is 11.1. The second kappa shape index (κ2) is 8.64. The van der Waals surface area contributed by atoms with E-state index in [9.17, 15) is 14.4 Å². The average molecular weight is 371 g/mol. The molecule has 7 nitrogen and oxygen atoms in total. The van der Waals surface area contributed by atoms with Crippen LogP contribution in [0.5, 0.6) is 0 Å². The van der Waals surface area contributed by atoms with Crippen LogP contribution >= 0.6 is 0 Å². The maximum Gasteiger partial charge on any atom is 0.267 e. The lowest BCUT2D eigenvalue weighted by Gasteiger charge is -2.18. The van der Waals surface area contributed by atoms with Gasteiger partial charge in [-0.15, -0.1) is 0 Å². The van der Waals surface area contributed by atoms with Crippen molar-refractivity contribution in [3.05, 3.63) is 58.5 Å². The molecular weight excluding hydrogens is 346 g/mol. The van der Waals surface area contributed by atoms with E-state index in [-0.39, 0.29) is 11.5 Å². The van der Waals surface area contributed by atoms with E-state index in [1.165, 1.54) is 17.7 Å². The minimum Gasteiger partial charge on any atom is -0.383 e. The molecule has 7 heteroatoms. The Kier molecular flexibility index (Phi) is 6.52. The number of rotatable bonds is 6. The molecule has 27 heavy (non-hydrogen) atoms. The molecule has 2 aromatic rings. The number of ether oxygens (including phenoxy) is 1. The zero-order valence-corrected chi connectivity index (χ0v) is 16.0. The van der Waals surface area contributed by atoms with Gasteiger partial charge in [0.15, 0.2) is 0 Å². The van der Waals surface area contributed by atoms with Crippen LogP contribution in [-0.2, 0) is 9.53 Å². The summed E-state index contributed by atoms with van der Waals surface area (Å²) in [5.41, 5.74) is 0.373. The van der Waals surface area contributed by atoms with Crippen LogP contribution in [0.25, 0.3) is 5.69 Å². The number of benzene rings is 1. The molecule has 0 bridgehead atoms. The Morgan fingerprint density at radius 3 is 2.37 bits per heavy atom. The third-order valence-corrected chi connectivity index (χ3v) is 3.87. The smallest absolute Gasteiger partial charge is 0.267 e. The summed E-state index contributed by atoms with van der Waals surface area (Å²) < 4.78 is 6.27. The summed E-state index contributed by atoms with van der Waals surface area (Å²) >= 11 is 0. The number of amides is 2. The molecule has 0 aliphatic heterocycles. The summed E-state index contributed by atoms with van der Waals surface area (Å²) in [5.74, 6) is -0.539. The van der Waals surface area contributed by atoms with E-state index in [2.05, 4.69) is 10.6 Å². The monoisotopic (exact) mass is 371 g/mol. The molecule has 1 heterocycles. The van der Waals surface area contributed by atoms with Gasteiger partial charge in [-0.3, -0.25) is 19.0 Å². The van der Waals surface area contributed by atoms with E-state index < -0.39 is 16.9 Å². The molecule has 144 valence electrons. The van der Waals surface area contributed by atoms with Gasteiger partial charge in [0.05, 0.1) is 6.61 Å². The van der Waals surface area contributed by atoms with Crippen molar-refractivity contribution in [2.45, 2.75) is 20.8 Å². The van der Waals surface area contributed by atoms with Crippen LogP contribution in [0.3, 0.4) is 0 Å². The molecule has 0 atom stereocenters. The van der Waals surface area contributed by atoms with Crippen LogP contribution in [0, 0.1) is 5.41 Å². The second-order valence-corrected chi connectivity index (χ2v) is 7.10. The summed E-state index contributed by atoms with van der Waals surface area (Å²) in [4.78, 5) is 36.9.